The van der Waals surface area contributed by atoms with E-state index in [0.29, 0.717) is 18.4 Å². The third kappa shape index (κ3) is 4.46. The third-order valence-corrected chi connectivity index (χ3v) is 4.86. The highest BCUT2D eigenvalue weighted by Crippen LogP contribution is 2.32. The smallest absolute Gasteiger partial charge is 0.220 e. The summed E-state index contributed by atoms with van der Waals surface area (Å²) in [5.41, 5.74) is 2.28. The van der Waals surface area contributed by atoms with Crippen molar-refractivity contribution in [2.75, 3.05) is 7.11 Å². The van der Waals surface area contributed by atoms with E-state index in [1.807, 2.05) is 29.6 Å². The monoisotopic (exact) mass is 370 g/mol. The first-order chi connectivity index (χ1) is 12.7. The zero-order valence-corrected chi connectivity index (χ0v) is 15.2. The molecule has 0 saturated carbocycles. The number of methoxy groups -OCH3 is 1. The van der Waals surface area contributed by atoms with E-state index in [9.17, 15) is 9.18 Å². The van der Waals surface area contributed by atoms with Crippen LogP contribution < -0.4 is 10.1 Å². The Morgan fingerprint density at radius 1 is 1.19 bits per heavy atom. The van der Waals surface area contributed by atoms with E-state index in [4.69, 9.17) is 4.74 Å². The fourth-order valence-electron chi connectivity index (χ4n) is 2.53. The van der Waals surface area contributed by atoms with Crippen molar-refractivity contribution in [3.8, 4) is 16.3 Å². The van der Waals surface area contributed by atoms with E-state index in [0.717, 1.165) is 22.0 Å². The summed E-state index contributed by atoms with van der Waals surface area (Å²) in [6.07, 6.45) is 0.846. The van der Waals surface area contributed by atoms with Gasteiger partial charge in [-0.25, -0.2) is 9.37 Å². The Bertz CT molecular complexity index is 895. The first-order valence-corrected chi connectivity index (χ1v) is 9.13. The second-order valence-electron chi connectivity index (χ2n) is 5.71. The van der Waals surface area contributed by atoms with Gasteiger partial charge in [-0.15, -0.1) is 11.3 Å². The minimum atomic E-state index is -0.311. The number of ether oxygens (including phenoxy) is 1. The van der Waals surface area contributed by atoms with Crippen LogP contribution in [0.15, 0.2) is 53.9 Å². The van der Waals surface area contributed by atoms with Crippen LogP contribution in [0.4, 0.5) is 4.39 Å². The summed E-state index contributed by atoms with van der Waals surface area (Å²) in [7, 11) is 1.63. The van der Waals surface area contributed by atoms with Gasteiger partial charge in [0.2, 0.25) is 5.91 Å². The predicted octanol–water partition coefficient (Wildman–Crippen LogP) is 4.21. The molecule has 3 rings (SSSR count). The molecule has 0 unspecified atom stereocenters. The number of rotatable bonds is 7. The van der Waals surface area contributed by atoms with Gasteiger partial charge < -0.3 is 10.1 Å². The second kappa shape index (κ2) is 8.58. The van der Waals surface area contributed by atoms with Gasteiger partial charge in [-0.2, -0.15) is 0 Å². The lowest BCUT2D eigenvalue weighted by molar-refractivity contribution is -0.121. The molecule has 4 nitrogen and oxygen atoms in total. The van der Waals surface area contributed by atoms with Gasteiger partial charge in [-0.1, -0.05) is 30.3 Å². The van der Waals surface area contributed by atoms with Crippen LogP contribution in [0, 0.1) is 5.82 Å². The summed E-state index contributed by atoms with van der Waals surface area (Å²) < 4.78 is 18.9. The van der Waals surface area contributed by atoms with Crippen molar-refractivity contribution in [2.45, 2.75) is 19.4 Å². The molecule has 6 heteroatoms. The van der Waals surface area contributed by atoms with Crippen LogP contribution in [-0.2, 0) is 17.8 Å². The number of aromatic nitrogens is 1. The molecule has 0 spiro atoms. The number of halogens is 1. The maximum absolute atomic E-state index is 13.5. The number of carbonyl (C=O) groups is 1. The van der Waals surface area contributed by atoms with Crippen LogP contribution in [0.2, 0.25) is 0 Å². The summed E-state index contributed by atoms with van der Waals surface area (Å²) in [5.74, 6) is 0.338. The zero-order chi connectivity index (χ0) is 18.4. The lowest BCUT2D eigenvalue weighted by Crippen LogP contribution is -2.23. The fraction of sp³-hybridized carbons (Fsp3) is 0.200. The van der Waals surface area contributed by atoms with Crippen molar-refractivity contribution in [1.82, 2.24) is 10.3 Å². The van der Waals surface area contributed by atoms with E-state index < -0.39 is 0 Å². The molecule has 0 radical (unpaired) electrons. The van der Waals surface area contributed by atoms with E-state index in [1.165, 1.54) is 17.4 Å². The van der Waals surface area contributed by atoms with Gasteiger partial charge in [-0.05, 0) is 24.6 Å². The molecular weight excluding hydrogens is 351 g/mol. The van der Waals surface area contributed by atoms with Crippen LogP contribution in [0.5, 0.6) is 5.75 Å². The van der Waals surface area contributed by atoms with E-state index >= 15 is 0 Å². The van der Waals surface area contributed by atoms with Gasteiger partial charge in [0.15, 0.2) is 0 Å². The Morgan fingerprint density at radius 2 is 1.96 bits per heavy atom. The molecule has 1 N–H and O–H groups in total. The Labute approximate surface area is 155 Å². The van der Waals surface area contributed by atoms with Crippen LogP contribution in [0.3, 0.4) is 0 Å². The van der Waals surface area contributed by atoms with Gasteiger partial charge in [0, 0.05) is 23.9 Å². The standard InChI is InChI=1S/C20H19FN2O2S/c1-25-18-9-5-3-7-16(18)20-23-15(13-26-20)10-11-19(24)22-12-14-6-2-4-8-17(14)21/h2-9,13H,10-12H2,1H3,(H,22,24). The number of hydrogen-bond donors (Lipinski definition) is 1. The molecule has 134 valence electrons. The molecule has 0 aliphatic rings. The molecular formula is C20H19FN2O2S. The second-order valence-corrected chi connectivity index (χ2v) is 6.57. The highest BCUT2D eigenvalue weighted by molar-refractivity contribution is 7.13. The van der Waals surface area contributed by atoms with Gasteiger partial charge in [0.1, 0.15) is 16.6 Å². The third-order valence-electron chi connectivity index (χ3n) is 3.93. The Kier molecular flexibility index (Phi) is 5.96. The molecule has 0 fully saturated rings. The number of aryl methyl sites for hydroxylation is 1. The molecule has 0 saturated heterocycles. The minimum absolute atomic E-state index is 0.125. The van der Waals surface area contributed by atoms with Crippen molar-refractivity contribution in [2.24, 2.45) is 0 Å². The molecule has 1 aromatic heterocycles. The first-order valence-electron chi connectivity index (χ1n) is 8.25. The lowest BCUT2D eigenvalue weighted by Gasteiger charge is -2.06. The molecule has 26 heavy (non-hydrogen) atoms. The SMILES string of the molecule is COc1ccccc1-c1nc(CCC(=O)NCc2ccccc2F)cs1. The Balaban J connectivity index is 1.55. The summed E-state index contributed by atoms with van der Waals surface area (Å²) in [4.78, 5) is 16.6. The van der Waals surface area contributed by atoms with Crippen molar-refractivity contribution in [1.29, 1.82) is 0 Å². The number of thiazole rings is 1. The molecule has 0 aliphatic carbocycles. The zero-order valence-electron chi connectivity index (χ0n) is 14.4. The highest BCUT2D eigenvalue weighted by atomic mass is 32.1. The van der Waals surface area contributed by atoms with Crippen LogP contribution in [-0.4, -0.2) is 18.0 Å². The average molecular weight is 370 g/mol. The quantitative estimate of drug-likeness (QED) is 0.678. The molecule has 0 bridgehead atoms. The van der Waals surface area contributed by atoms with Gasteiger partial charge in [0.05, 0.1) is 18.4 Å². The molecule has 2 aromatic carbocycles. The lowest BCUT2D eigenvalue weighted by atomic mass is 10.2. The number of hydrogen-bond acceptors (Lipinski definition) is 4. The van der Waals surface area contributed by atoms with Gasteiger partial charge in [0.25, 0.3) is 0 Å². The molecule has 1 amide bonds. The number of nitrogens with one attached hydrogen (secondary N) is 1. The van der Waals surface area contributed by atoms with E-state index in [2.05, 4.69) is 10.3 Å². The predicted molar refractivity (Wildman–Crippen MR) is 101 cm³/mol. The first kappa shape index (κ1) is 18.1. The van der Waals surface area contributed by atoms with Crippen LogP contribution >= 0.6 is 11.3 Å². The number of benzene rings is 2. The van der Waals surface area contributed by atoms with Gasteiger partial charge >= 0.3 is 0 Å². The average Bonchev–Trinajstić information content (AvgIpc) is 3.14. The number of nitrogens with zero attached hydrogens (tertiary/aromatic N) is 1. The number of amides is 1. The van der Waals surface area contributed by atoms with Crippen molar-refractivity contribution in [3.05, 3.63) is 71.0 Å². The van der Waals surface area contributed by atoms with Crippen molar-refractivity contribution >= 4 is 17.2 Å². The normalized spacial score (nSPS) is 10.5. The van der Waals surface area contributed by atoms with E-state index in [1.54, 1.807) is 25.3 Å². The van der Waals surface area contributed by atoms with Crippen LogP contribution in [0.1, 0.15) is 17.7 Å². The van der Waals surface area contributed by atoms with Crippen molar-refractivity contribution < 1.29 is 13.9 Å². The van der Waals surface area contributed by atoms with E-state index in [-0.39, 0.29) is 18.3 Å². The summed E-state index contributed by atoms with van der Waals surface area (Å²) >= 11 is 1.52. The largest absolute Gasteiger partial charge is 0.496 e. The van der Waals surface area contributed by atoms with Crippen LogP contribution in [0.25, 0.3) is 10.6 Å². The molecule has 0 atom stereocenters. The Hall–Kier alpha value is -2.73. The Morgan fingerprint density at radius 3 is 2.77 bits per heavy atom. The molecule has 0 aliphatic heterocycles. The maximum Gasteiger partial charge on any atom is 0.220 e. The summed E-state index contributed by atoms with van der Waals surface area (Å²) in [6.45, 7) is 0.190. The van der Waals surface area contributed by atoms with Gasteiger partial charge in [-0.3, -0.25) is 4.79 Å². The molecule has 3 aromatic rings. The highest BCUT2D eigenvalue weighted by Gasteiger charge is 2.11. The van der Waals surface area contributed by atoms with Crippen molar-refractivity contribution in [3.63, 3.8) is 0 Å². The number of carbonyl (C=O) groups excluding carboxylic acids is 1. The minimum Gasteiger partial charge on any atom is -0.496 e. The molecule has 1 heterocycles. The summed E-state index contributed by atoms with van der Waals surface area (Å²) in [5, 5.41) is 5.56. The topological polar surface area (TPSA) is 51.2 Å². The fourth-order valence-corrected chi connectivity index (χ4v) is 3.42. The summed E-state index contributed by atoms with van der Waals surface area (Å²) in [6, 6.07) is 14.1. The maximum atomic E-state index is 13.5. The number of para-hydroxylation sites is 1.